The van der Waals surface area contributed by atoms with Crippen molar-refractivity contribution < 1.29 is 0 Å². The summed E-state index contributed by atoms with van der Waals surface area (Å²) in [6.45, 7) is 0. The van der Waals surface area contributed by atoms with E-state index in [1.807, 2.05) is 12.3 Å². The maximum atomic E-state index is 5.25. The minimum absolute atomic E-state index is 0.685. The monoisotopic (exact) mass is 761 g/mol. The third-order valence-electron chi connectivity index (χ3n) is 12.1. The van der Waals surface area contributed by atoms with E-state index in [-0.39, 0.29) is 0 Å². The Morgan fingerprint density at radius 1 is 0.283 bits per heavy atom. The summed E-state index contributed by atoms with van der Waals surface area (Å²) in [5.74, 6) is 0.685. The molecule has 0 atom stereocenters. The Bertz CT molecular complexity index is 3540. The summed E-state index contributed by atoms with van der Waals surface area (Å²) >= 11 is 0. The summed E-state index contributed by atoms with van der Waals surface area (Å²) in [6.07, 6.45) is 3.70. The minimum atomic E-state index is 0.685. The summed E-state index contributed by atoms with van der Waals surface area (Å²) in [6, 6.07) is 72.0. The van der Waals surface area contributed by atoms with Gasteiger partial charge in [0, 0.05) is 29.1 Å². The Balaban J connectivity index is 0.954. The van der Waals surface area contributed by atoms with Gasteiger partial charge in [-0.1, -0.05) is 182 Å². The van der Waals surface area contributed by atoms with Gasteiger partial charge in [-0.2, -0.15) is 0 Å². The van der Waals surface area contributed by atoms with Crippen LogP contribution in [0.3, 0.4) is 0 Å². The molecule has 0 fully saturated rings. The van der Waals surface area contributed by atoms with Gasteiger partial charge in [0.2, 0.25) is 0 Å². The maximum absolute atomic E-state index is 5.25. The fourth-order valence-electron chi connectivity index (χ4n) is 9.14. The van der Waals surface area contributed by atoms with Crippen LogP contribution in [0.1, 0.15) is 0 Å². The topological polar surface area (TPSA) is 38.7 Å². The molecule has 278 valence electrons. The van der Waals surface area contributed by atoms with E-state index in [1.54, 1.807) is 6.20 Å². The SMILES string of the molecule is c1cncc(-c2ccc(-c3cc(-c4ccc(-c5ccc6ccc7cccc8ccc5c6c78)cc4)nc(-c4ccc(-c5cc6ccccc6c6ccccc56)cc4)n3)cc2)c1. The molecule has 0 saturated heterocycles. The highest BCUT2D eigenvalue weighted by Gasteiger charge is 2.15. The van der Waals surface area contributed by atoms with E-state index in [9.17, 15) is 0 Å². The van der Waals surface area contributed by atoms with E-state index >= 15 is 0 Å². The molecule has 10 aromatic carbocycles. The Morgan fingerprint density at radius 3 is 1.53 bits per heavy atom. The van der Waals surface area contributed by atoms with Crippen LogP contribution in [0, 0.1) is 0 Å². The second kappa shape index (κ2) is 13.8. The number of benzene rings is 10. The van der Waals surface area contributed by atoms with Crippen LogP contribution in [0.5, 0.6) is 0 Å². The first kappa shape index (κ1) is 34.1. The number of aromatic nitrogens is 3. The summed E-state index contributed by atoms with van der Waals surface area (Å²) in [4.78, 5) is 14.8. The zero-order valence-electron chi connectivity index (χ0n) is 32.5. The highest BCUT2D eigenvalue weighted by atomic mass is 14.9. The molecule has 0 amide bonds. The molecule has 0 unspecified atom stereocenters. The van der Waals surface area contributed by atoms with E-state index < -0.39 is 0 Å². The van der Waals surface area contributed by atoms with Crippen LogP contribution in [-0.4, -0.2) is 15.0 Å². The van der Waals surface area contributed by atoms with Gasteiger partial charge in [0.15, 0.2) is 5.82 Å². The van der Waals surface area contributed by atoms with Gasteiger partial charge in [0.05, 0.1) is 11.4 Å². The molecule has 0 spiro atoms. The first-order valence-corrected chi connectivity index (χ1v) is 20.4. The Hall–Kier alpha value is -8.01. The lowest BCUT2D eigenvalue weighted by molar-refractivity contribution is 1.18. The molecular formula is C57H35N3. The second-order valence-electron chi connectivity index (χ2n) is 15.6. The fourth-order valence-corrected chi connectivity index (χ4v) is 9.14. The number of rotatable bonds is 6. The summed E-state index contributed by atoms with van der Waals surface area (Å²) in [5, 5.41) is 12.7. The molecule has 12 aromatic rings. The van der Waals surface area contributed by atoms with Crippen molar-refractivity contribution in [1.82, 2.24) is 15.0 Å². The molecule has 3 heteroatoms. The summed E-state index contributed by atoms with van der Waals surface area (Å²) in [7, 11) is 0. The van der Waals surface area contributed by atoms with E-state index in [0.717, 1.165) is 44.8 Å². The number of hydrogen-bond acceptors (Lipinski definition) is 3. The van der Waals surface area contributed by atoms with Gasteiger partial charge in [0.25, 0.3) is 0 Å². The Morgan fingerprint density at radius 2 is 0.833 bits per heavy atom. The number of fused-ring (bicyclic) bond motifs is 3. The van der Waals surface area contributed by atoms with E-state index in [0.29, 0.717) is 5.82 Å². The molecule has 3 nitrogen and oxygen atoms in total. The minimum Gasteiger partial charge on any atom is -0.264 e. The van der Waals surface area contributed by atoms with Crippen molar-refractivity contribution in [3.05, 3.63) is 213 Å². The highest BCUT2D eigenvalue weighted by Crippen LogP contribution is 2.40. The van der Waals surface area contributed by atoms with Crippen LogP contribution < -0.4 is 0 Å². The van der Waals surface area contributed by atoms with Crippen molar-refractivity contribution in [3.63, 3.8) is 0 Å². The summed E-state index contributed by atoms with van der Waals surface area (Å²) in [5.41, 5.74) is 11.7. The molecular weight excluding hydrogens is 727 g/mol. The van der Waals surface area contributed by atoms with Crippen LogP contribution >= 0.6 is 0 Å². The van der Waals surface area contributed by atoms with E-state index in [2.05, 4.69) is 199 Å². The average Bonchev–Trinajstić information content (AvgIpc) is 3.33. The molecule has 0 aliphatic rings. The highest BCUT2D eigenvalue weighted by molar-refractivity contribution is 6.25. The Labute approximate surface area is 347 Å². The molecule has 60 heavy (non-hydrogen) atoms. The van der Waals surface area contributed by atoms with Crippen LogP contribution in [0.4, 0.5) is 0 Å². The van der Waals surface area contributed by atoms with E-state index in [4.69, 9.17) is 9.97 Å². The van der Waals surface area contributed by atoms with Gasteiger partial charge in [-0.05, 0) is 105 Å². The van der Waals surface area contributed by atoms with Crippen molar-refractivity contribution in [1.29, 1.82) is 0 Å². The fraction of sp³-hybridized carbons (Fsp3) is 0. The predicted octanol–water partition coefficient (Wildman–Crippen LogP) is 15.1. The van der Waals surface area contributed by atoms with Gasteiger partial charge in [0.1, 0.15) is 0 Å². The van der Waals surface area contributed by atoms with Gasteiger partial charge < -0.3 is 0 Å². The largest absolute Gasteiger partial charge is 0.264 e. The molecule has 2 aromatic heterocycles. The Kier molecular flexibility index (Phi) is 7.85. The van der Waals surface area contributed by atoms with Crippen LogP contribution in [0.15, 0.2) is 213 Å². The first-order chi connectivity index (χ1) is 29.7. The standard InChI is InChI=1S/C57H35N3/c1-2-11-47-45(7-1)33-52(50-13-4-3-12-49(47)50)38-18-26-44(27-19-38)57-59-53(39-20-14-36(15-21-39)46-10-6-32-58-35-46)34-54(60-57)40-22-16-37(17-23-40)48-30-28-43-25-24-41-8-5-9-42-29-31-51(48)56(43)55(41)42/h1-35H. The summed E-state index contributed by atoms with van der Waals surface area (Å²) < 4.78 is 0. The van der Waals surface area contributed by atoms with Crippen molar-refractivity contribution in [2.45, 2.75) is 0 Å². The second-order valence-corrected chi connectivity index (χ2v) is 15.6. The van der Waals surface area contributed by atoms with Gasteiger partial charge in [-0.15, -0.1) is 0 Å². The molecule has 2 heterocycles. The zero-order valence-corrected chi connectivity index (χ0v) is 32.5. The normalized spacial score (nSPS) is 11.7. The quantitative estimate of drug-likeness (QED) is 0.158. The number of pyridine rings is 1. The number of hydrogen-bond donors (Lipinski definition) is 0. The van der Waals surface area contributed by atoms with Crippen molar-refractivity contribution in [2.24, 2.45) is 0 Å². The van der Waals surface area contributed by atoms with Crippen molar-refractivity contribution >= 4 is 53.9 Å². The number of nitrogens with zero attached hydrogens (tertiary/aromatic N) is 3. The van der Waals surface area contributed by atoms with Gasteiger partial charge >= 0.3 is 0 Å². The lowest BCUT2D eigenvalue weighted by Gasteiger charge is -2.15. The maximum Gasteiger partial charge on any atom is 0.160 e. The molecule has 0 aliphatic carbocycles. The van der Waals surface area contributed by atoms with Crippen molar-refractivity contribution in [2.75, 3.05) is 0 Å². The molecule has 0 saturated carbocycles. The predicted molar refractivity (Wildman–Crippen MR) is 251 cm³/mol. The zero-order chi connectivity index (χ0) is 39.6. The van der Waals surface area contributed by atoms with Crippen LogP contribution in [-0.2, 0) is 0 Å². The van der Waals surface area contributed by atoms with Crippen molar-refractivity contribution in [3.8, 4) is 67.3 Å². The lowest BCUT2D eigenvalue weighted by atomic mass is 9.89. The van der Waals surface area contributed by atoms with Crippen LogP contribution in [0.25, 0.3) is 121 Å². The first-order valence-electron chi connectivity index (χ1n) is 20.4. The molecule has 0 aliphatic heterocycles. The lowest BCUT2D eigenvalue weighted by Crippen LogP contribution is -1.96. The third-order valence-corrected chi connectivity index (χ3v) is 12.1. The van der Waals surface area contributed by atoms with Gasteiger partial charge in [-0.3, -0.25) is 4.98 Å². The van der Waals surface area contributed by atoms with E-state index in [1.165, 1.54) is 70.6 Å². The molecule has 12 rings (SSSR count). The smallest absolute Gasteiger partial charge is 0.160 e. The average molecular weight is 762 g/mol. The van der Waals surface area contributed by atoms with Gasteiger partial charge in [-0.25, -0.2) is 9.97 Å². The van der Waals surface area contributed by atoms with Crippen LogP contribution in [0.2, 0.25) is 0 Å². The third kappa shape index (κ3) is 5.71. The molecule has 0 N–H and O–H groups in total. The molecule has 0 bridgehead atoms. The molecule has 0 radical (unpaired) electrons.